The number of nitrogens with zero attached hydrogens (tertiary/aromatic N) is 3. The molecule has 3 rings (SSSR count). The number of carbonyl (C=O) groups excluding carboxylic acids is 1. The Labute approximate surface area is 175 Å². The molecule has 0 saturated heterocycles. The minimum atomic E-state index is -0.0492. The van der Waals surface area contributed by atoms with E-state index in [0.29, 0.717) is 23.6 Å². The smallest absolute Gasteiger partial charge is 0.253 e. The SMILES string of the molecule is COc1cc(C)c(CN(C)C(=O)c2cccc(-n3ccnc3SC)c2)cc1OC. The van der Waals surface area contributed by atoms with Gasteiger partial charge in [0.15, 0.2) is 16.7 Å². The maximum Gasteiger partial charge on any atom is 0.253 e. The molecule has 0 radical (unpaired) electrons. The van der Waals surface area contributed by atoms with Crippen molar-refractivity contribution in [1.82, 2.24) is 14.5 Å². The zero-order chi connectivity index (χ0) is 21.0. The molecular weight excluding hydrogens is 386 g/mol. The largest absolute Gasteiger partial charge is 0.493 e. The predicted molar refractivity (Wildman–Crippen MR) is 115 cm³/mol. The summed E-state index contributed by atoms with van der Waals surface area (Å²) < 4.78 is 12.7. The molecule has 0 aliphatic heterocycles. The molecule has 0 saturated carbocycles. The van der Waals surface area contributed by atoms with E-state index in [2.05, 4.69) is 4.98 Å². The quantitative estimate of drug-likeness (QED) is 0.546. The minimum Gasteiger partial charge on any atom is -0.493 e. The van der Waals surface area contributed by atoms with Gasteiger partial charge in [0.05, 0.1) is 14.2 Å². The van der Waals surface area contributed by atoms with Crippen LogP contribution in [0, 0.1) is 6.92 Å². The molecule has 0 spiro atoms. The Hall–Kier alpha value is -2.93. The summed E-state index contributed by atoms with van der Waals surface area (Å²) in [6, 6.07) is 11.4. The fourth-order valence-corrected chi connectivity index (χ4v) is 3.70. The number of imidazole rings is 1. The van der Waals surface area contributed by atoms with Crippen LogP contribution in [0.2, 0.25) is 0 Å². The second-order valence-electron chi connectivity index (χ2n) is 6.63. The Bertz CT molecular complexity index is 1020. The molecule has 29 heavy (non-hydrogen) atoms. The average molecular weight is 412 g/mol. The maximum atomic E-state index is 13.1. The monoisotopic (exact) mass is 411 g/mol. The van der Waals surface area contributed by atoms with E-state index < -0.39 is 0 Å². The summed E-state index contributed by atoms with van der Waals surface area (Å²) in [5.41, 5.74) is 3.59. The second-order valence-corrected chi connectivity index (χ2v) is 7.40. The van der Waals surface area contributed by atoms with Gasteiger partial charge in [0.25, 0.3) is 5.91 Å². The van der Waals surface area contributed by atoms with Crippen molar-refractivity contribution in [2.45, 2.75) is 18.6 Å². The molecule has 2 aromatic carbocycles. The van der Waals surface area contributed by atoms with Crippen LogP contribution >= 0.6 is 11.8 Å². The van der Waals surface area contributed by atoms with E-state index in [4.69, 9.17) is 9.47 Å². The molecule has 6 nitrogen and oxygen atoms in total. The fourth-order valence-electron chi connectivity index (χ4n) is 3.17. The maximum absolute atomic E-state index is 13.1. The van der Waals surface area contributed by atoms with Crippen molar-refractivity contribution < 1.29 is 14.3 Å². The van der Waals surface area contributed by atoms with E-state index in [1.54, 1.807) is 44.1 Å². The summed E-state index contributed by atoms with van der Waals surface area (Å²) in [5, 5.41) is 0.879. The molecule has 0 aliphatic carbocycles. The summed E-state index contributed by atoms with van der Waals surface area (Å²) >= 11 is 1.56. The van der Waals surface area contributed by atoms with Crippen LogP contribution in [0.15, 0.2) is 53.9 Å². The number of carbonyl (C=O) groups is 1. The van der Waals surface area contributed by atoms with Crippen molar-refractivity contribution in [3.63, 3.8) is 0 Å². The molecule has 3 aromatic rings. The van der Waals surface area contributed by atoms with Crippen molar-refractivity contribution in [1.29, 1.82) is 0 Å². The standard InChI is InChI=1S/C22H25N3O3S/c1-15-11-19(27-3)20(28-4)13-17(15)14-24(2)21(26)16-7-6-8-18(12-16)25-10-9-23-22(25)29-5/h6-13H,14H2,1-5H3. The van der Waals surface area contributed by atoms with E-state index >= 15 is 0 Å². The Kier molecular flexibility index (Phi) is 6.49. The molecule has 1 aromatic heterocycles. The first kappa shape index (κ1) is 20.8. The number of ether oxygens (including phenoxy) is 2. The van der Waals surface area contributed by atoms with Crippen LogP contribution in [-0.4, -0.2) is 47.9 Å². The number of hydrogen-bond donors (Lipinski definition) is 0. The predicted octanol–water partition coefficient (Wildman–Crippen LogP) is 4.19. The normalized spacial score (nSPS) is 10.7. The summed E-state index contributed by atoms with van der Waals surface area (Å²) in [6.45, 7) is 2.47. The van der Waals surface area contributed by atoms with Gasteiger partial charge in [-0.3, -0.25) is 9.36 Å². The summed E-state index contributed by atoms with van der Waals surface area (Å²) in [4.78, 5) is 19.1. The van der Waals surface area contributed by atoms with Gasteiger partial charge in [-0.05, 0) is 54.6 Å². The lowest BCUT2D eigenvalue weighted by molar-refractivity contribution is 0.0784. The average Bonchev–Trinajstić information content (AvgIpc) is 3.23. The number of thioether (sulfide) groups is 1. The summed E-state index contributed by atoms with van der Waals surface area (Å²) in [6.07, 6.45) is 5.63. The molecule has 0 aliphatic rings. The minimum absolute atomic E-state index is 0.0492. The van der Waals surface area contributed by atoms with Gasteiger partial charge in [-0.2, -0.15) is 0 Å². The summed E-state index contributed by atoms with van der Waals surface area (Å²) in [5.74, 6) is 1.29. The molecular formula is C22H25N3O3S. The third kappa shape index (κ3) is 4.40. The highest BCUT2D eigenvalue weighted by Gasteiger charge is 2.16. The topological polar surface area (TPSA) is 56.6 Å². The highest BCUT2D eigenvalue weighted by atomic mass is 32.2. The zero-order valence-corrected chi connectivity index (χ0v) is 18.1. The van der Waals surface area contributed by atoms with Crippen molar-refractivity contribution in [2.75, 3.05) is 27.5 Å². The number of methoxy groups -OCH3 is 2. The molecule has 152 valence electrons. The van der Waals surface area contributed by atoms with Crippen LogP contribution in [0.25, 0.3) is 5.69 Å². The van der Waals surface area contributed by atoms with Crippen molar-refractivity contribution >= 4 is 17.7 Å². The van der Waals surface area contributed by atoms with E-state index in [0.717, 1.165) is 22.0 Å². The molecule has 1 amide bonds. The number of amides is 1. The third-order valence-corrected chi connectivity index (χ3v) is 5.42. The number of aryl methyl sites for hydroxylation is 1. The van der Waals surface area contributed by atoms with Crippen molar-refractivity contribution in [3.8, 4) is 17.2 Å². The van der Waals surface area contributed by atoms with Crippen molar-refractivity contribution in [3.05, 3.63) is 65.5 Å². The van der Waals surface area contributed by atoms with Crippen LogP contribution in [0.1, 0.15) is 21.5 Å². The Morgan fingerprint density at radius 2 is 1.90 bits per heavy atom. The number of aromatic nitrogens is 2. The van der Waals surface area contributed by atoms with Gasteiger partial charge in [0.2, 0.25) is 0 Å². The lowest BCUT2D eigenvalue weighted by Gasteiger charge is -2.20. The van der Waals surface area contributed by atoms with Gasteiger partial charge < -0.3 is 14.4 Å². The highest BCUT2D eigenvalue weighted by molar-refractivity contribution is 7.98. The first-order valence-corrected chi connectivity index (χ1v) is 10.4. The molecule has 7 heteroatoms. The van der Waals surface area contributed by atoms with Crippen LogP contribution < -0.4 is 9.47 Å². The molecule has 1 heterocycles. The number of rotatable bonds is 7. The van der Waals surface area contributed by atoms with Crippen LogP contribution in [0.5, 0.6) is 11.5 Å². The first-order valence-electron chi connectivity index (χ1n) is 9.13. The highest BCUT2D eigenvalue weighted by Crippen LogP contribution is 2.31. The van der Waals surface area contributed by atoms with Gasteiger partial charge in [0, 0.05) is 37.2 Å². The van der Waals surface area contributed by atoms with E-state index in [-0.39, 0.29) is 5.91 Å². The van der Waals surface area contributed by atoms with Gasteiger partial charge in [-0.15, -0.1) is 0 Å². The zero-order valence-electron chi connectivity index (χ0n) is 17.3. The lowest BCUT2D eigenvalue weighted by atomic mass is 10.1. The van der Waals surface area contributed by atoms with E-state index in [1.165, 1.54) is 0 Å². The lowest BCUT2D eigenvalue weighted by Crippen LogP contribution is -2.26. The number of hydrogen-bond acceptors (Lipinski definition) is 5. The first-order chi connectivity index (χ1) is 14.0. The van der Waals surface area contributed by atoms with Gasteiger partial charge in [-0.1, -0.05) is 17.8 Å². The molecule has 0 N–H and O–H groups in total. The van der Waals surface area contributed by atoms with Crippen molar-refractivity contribution in [2.24, 2.45) is 0 Å². The third-order valence-electron chi connectivity index (χ3n) is 4.76. The van der Waals surface area contributed by atoms with E-state index in [1.807, 2.05) is 60.3 Å². The second kappa shape index (κ2) is 9.05. The molecule has 0 unspecified atom stereocenters. The van der Waals surface area contributed by atoms with Gasteiger partial charge in [0.1, 0.15) is 0 Å². The van der Waals surface area contributed by atoms with Crippen LogP contribution in [0.3, 0.4) is 0 Å². The summed E-state index contributed by atoms with van der Waals surface area (Å²) in [7, 11) is 5.02. The molecule has 0 atom stereocenters. The van der Waals surface area contributed by atoms with E-state index in [9.17, 15) is 4.79 Å². The number of benzene rings is 2. The Morgan fingerprint density at radius 1 is 1.17 bits per heavy atom. The fraction of sp³-hybridized carbons (Fsp3) is 0.273. The van der Waals surface area contributed by atoms with Crippen LogP contribution in [0.4, 0.5) is 0 Å². The Balaban J connectivity index is 1.83. The Morgan fingerprint density at radius 3 is 2.59 bits per heavy atom. The molecule has 0 bridgehead atoms. The van der Waals surface area contributed by atoms with Gasteiger partial charge in [-0.25, -0.2) is 4.98 Å². The van der Waals surface area contributed by atoms with Crippen LogP contribution in [-0.2, 0) is 6.54 Å². The molecule has 0 fully saturated rings. The van der Waals surface area contributed by atoms with Gasteiger partial charge >= 0.3 is 0 Å².